The lowest BCUT2D eigenvalue weighted by molar-refractivity contribution is 0.139. The van der Waals surface area contributed by atoms with Gasteiger partial charge in [-0.3, -0.25) is 4.98 Å². The van der Waals surface area contributed by atoms with E-state index in [1.807, 2.05) is 54.6 Å². The highest BCUT2D eigenvalue weighted by atomic mass is 19.1. The molecule has 0 unspecified atom stereocenters. The first-order valence-corrected chi connectivity index (χ1v) is 11.8. The maximum atomic E-state index is 13.0. The summed E-state index contributed by atoms with van der Waals surface area (Å²) in [7, 11) is 0. The Morgan fingerprint density at radius 1 is 0.784 bits per heavy atom. The fourth-order valence-corrected chi connectivity index (χ4v) is 3.64. The van der Waals surface area contributed by atoms with E-state index in [9.17, 15) is 14.0 Å². The summed E-state index contributed by atoms with van der Waals surface area (Å²) in [5.41, 5.74) is 3.88. The molecule has 1 aromatic heterocycles. The molecule has 0 atom stereocenters. The van der Waals surface area contributed by atoms with Gasteiger partial charge in [0.1, 0.15) is 18.2 Å². The lowest BCUT2D eigenvalue weighted by Gasteiger charge is -2.15. The fraction of sp³-hybridized carbons (Fsp3) is 0.138. The van der Waals surface area contributed by atoms with Crippen LogP contribution in [0.15, 0.2) is 97.2 Å². The zero-order chi connectivity index (χ0) is 25.9. The molecule has 2 N–H and O–H groups in total. The number of benzene rings is 3. The highest BCUT2D eigenvalue weighted by Gasteiger charge is 2.14. The van der Waals surface area contributed by atoms with E-state index in [-0.39, 0.29) is 19.0 Å². The van der Waals surface area contributed by atoms with E-state index in [0.29, 0.717) is 29.8 Å². The van der Waals surface area contributed by atoms with Crippen molar-refractivity contribution < 1.29 is 23.5 Å². The quantitative estimate of drug-likeness (QED) is 0.311. The minimum Gasteiger partial charge on any atom is -0.445 e. The molecule has 4 aromatic rings. The molecule has 188 valence electrons. The number of alkyl carbamates (subject to hydrolysis) is 1. The molecule has 0 saturated heterocycles. The molecule has 0 aliphatic rings. The lowest BCUT2D eigenvalue weighted by atomic mass is 9.99. The van der Waals surface area contributed by atoms with Gasteiger partial charge in [-0.1, -0.05) is 60.7 Å². The third-order valence-electron chi connectivity index (χ3n) is 5.48. The summed E-state index contributed by atoms with van der Waals surface area (Å²) in [6.07, 6.45) is 1.13. The second-order valence-corrected chi connectivity index (χ2v) is 8.10. The number of amides is 2. The van der Waals surface area contributed by atoms with E-state index in [1.54, 1.807) is 30.5 Å². The highest BCUT2D eigenvalue weighted by molar-refractivity contribution is 5.78. The summed E-state index contributed by atoms with van der Waals surface area (Å²) in [5, 5.41) is 5.48. The first-order valence-electron chi connectivity index (χ1n) is 11.8. The number of rotatable bonds is 9. The molecule has 1 heterocycles. The van der Waals surface area contributed by atoms with Crippen LogP contribution in [0.2, 0.25) is 0 Å². The molecular formula is C29H26FN3O4. The lowest BCUT2D eigenvalue weighted by Crippen LogP contribution is -2.29. The van der Waals surface area contributed by atoms with Gasteiger partial charge >= 0.3 is 12.2 Å². The molecule has 37 heavy (non-hydrogen) atoms. The van der Waals surface area contributed by atoms with E-state index in [1.165, 1.54) is 12.1 Å². The predicted octanol–water partition coefficient (Wildman–Crippen LogP) is 5.65. The smallest absolute Gasteiger partial charge is 0.412 e. The standard InChI is InChI=1S/C29H26FN3O4/c30-23-14-12-21(13-15-23)20-36-28(34)33-19-22-7-1-2-9-25(22)26-10-3-4-11-27(26)37-29(35)32-18-16-24-8-5-6-17-31-24/h1-15,17H,16,18-20H2,(H,32,35)(H,33,34). The number of ether oxygens (including phenoxy) is 2. The second kappa shape index (κ2) is 12.8. The number of carbonyl (C=O) groups excluding carboxylic acids is 2. The summed E-state index contributed by atoms with van der Waals surface area (Å²) in [5.74, 6) is 0.0419. The molecule has 8 heteroatoms. The Bertz CT molecular complexity index is 1330. The Kier molecular flexibility index (Phi) is 8.80. The summed E-state index contributed by atoms with van der Waals surface area (Å²) < 4.78 is 23.9. The number of hydrogen-bond donors (Lipinski definition) is 2. The van der Waals surface area contributed by atoms with Crippen LogP contribution in [-0.2, 0) is 24.3 Å². The van der Waals surface area contributed by atoms with Gasteiger partial charge in [0.25, 0.3) is 0 Å². The number of nitrogens with one attached hydrogen (secondary N) is 2. The first-order chi connectivity index (χ1) is 18.1. The summed E-state index contributed by atoms with van der Waals surface area (Å²) in [4.78, 5) is 28.9. The van der Waals surface area contributed by atoms with Crippen molar-refractivity contribution >= 4 is 12.2 Å². The van der Waals surface area contributed by atoms with Crippen LogP contribution in [-0.4, -0.2) is 23.7 Å². The van der Waals surface area contributed by atoms with Gasteiger partial charge in [0, 0.05) is 37.0 Å². The molecule has 3 aromatic carbocycles. The van der Waals surface area contributed by atoms with Crippen LogP contribution in [0.4, 0.5) is 14.0 Å². The summed E-state index contributed by atoms with van der Waals surface area (Å²) in [6.45, 7) is 0.613. The van der Waals surface area contributed by atoms with E-state index >= 15 is 0 Å². The molecule has 0 spiro atoms. The van der Waals surface area contributed by atoms with Crippen molar-refractivity contribution in [3.8, 4) is 16.9 Å². The predicted molar refractivity (Wildman–Crippen MR) is 137 cm³/mol. The van der Waals surface area contributed by atoms with Gasteiger partial charge in [-0.05, 0) is 47.0 Å². The van der Waals surface area contributed by atoms with Gasteiger partial charge in [0.2, 0.25) is 0 Å². The van der Waals surface area contributed by atoms with Crippen molar-refractivity contribution in [2.24, 2.45) is 0 Å². The Balaban J connectivity index is 1.36. The van der Waals surface area contributed by atoms with Crippen molar-refractivity contribution in [1.29, 1.82) is 0 Å². The number of carbonyl (C=O) groups is 2. The van der Waals surface area contributed by atoms with Crippen molar-refractivity contribution in [2.75, 3.05) is 6.54 Å². The number of pyridine rings is 1. The average molecular weight is 500 g/mol. The topological polar surface area (TPSA) is 89.5 Å². The number of halogens is 1. The van der Waals surface area contributed by atoms with Crippen molar-refractivity contribution in [2.45, 2.75) is 19.6 Å². The van der Waals surface area contributed by atoms with Crippen LogP contribution >= 0.6 is 0 Å². The van der Waals surface area contributed by atoms with E-state index < -0.39 is 12.2 Å². The van der Waals surface area contributed by atoms with Crippen LogP contribution in [0.3, 0.4) is 0 Å². The molecule has 0 fully saturated rings. The first kappa shape index (κ1) is 25.4. The molecule has 0 bridgehead atoms. The van der Waals surface area contributed by atoms with E-state index in [4.69, 9.17) is 9.47 Å². The number of aromatic nitrogens is 1. The zero-order valence-corrected chi connectivity index (χ0v) is 20.0. The number of hydrogen-bond acceptors (Lipinski definition) is 5. The third-order valence-corrected chi connectivity index (χ3v) is 5.48. The molecule has 0 aliphatic carbocycles. The molecule has 0 saturated carbocycles. The van der Waals surface area contributed by atoms with E-state index in [0.717, 1.165) is 16.8 Å². The summed E-state index contributed by atoms with van der Waals surface area (Å²) in [6, 6.07) is 26.1. The summed E-state index contributed by atoms with van der Waals surface area (Å²) >= 11 is 0. The molecule has 0 aliphatic heterocycles. The van der Waals surface area contributed by atoms with Gasteiger partial charge in [-0.15, -0.1) is 0 Å². The SMILES string of the molecule is O=C(NCc1ccccc1-c1ccccc1OC(=O)NCCc1ccccn1)OCc1ccc(F)cc1. The monoisotopic (exact) mass is 499 g/mol. The fourth-order valence-electron chi connectivity index (χ4n) is 3.64. The largest absolute Gasteiger partial charge is 0.445 e. The molecular weight excluding hydrogens is 473 g/mol. The molecule has 4 rings (SSSR count). The van der Waals surface area contributed by atoms with E-state index in [2.05, 4.69) is 15.6 Å². The van der Waals surface area contributed by atoms with Crippen LogP contribution in [0.25, 0.3) is 11.1 Å². The zero-order valence-electron chi connectivity index (χ0n) is 20.0. The van der Waals surface area contributed by atoms with Crippen LogP contribution in [0.5, 0.6) is 5.75 Å². The van der Waals surface area contributed by atoms with Gasteiger partial charge in [0.05, 0.1) is 0 Å². The van der Waals surface area contributed by atoms with Gasteiger partial charge in [-0.2, -0.15) is 0 Å². The van der Waals surface area contributed by atoms with Gasteiger partial charge in [0.15, 0.2) is 0 Å². The maximum Gasteiger partial charge on any atom is 0.412 e. The van der Waals surface area contributed by atoms with Crippen LogP contribution in [0, 0.1) is 5.82 Å². The van der Waals surface area contributed by atoms with Crippen molar-refractivity contribution in [3.05, 3.63) is 120 Å². The molecule has 2 amide bonds. The average Bonchev–Trinajstić information content (AvgIpc) is 2.93. The number of para-hydroxylation sites is 1. The van der Waals surface area contributed by atoms with Crippen LogP contribution < -0.4 is 15.4 Å². The minimum absolute atomic E-state index is 0.0277. The van der Waals surface area contributed by atoms with Crippen molar-refractivity contribution in [1.82, 2.24) is 15.6 Å². The van der Waals surface area contributed by atoms with Crippen molar-refractivity contribution in [3.63, 3.8) is 0 Å². The molecule has 0 radical (unpaired) electrons. The Hall–Kier alpha value is -4.72. The normalized spacial score (nSPS) is 10.4. The maximum absolute atomic E-state index is 13.0. The Morgan fingerprint density at radius 3 is 2.30 bits per heavy atom. The van der Waals surface area contributed by atoms with Gasteiger partial charge < -0.3 is 20.1 Å². The van der Waals surface area contributed by atoms with Gasteiger partial charge in [-0.25, -0.2) is 14.0 Å². The Morgan fingerprint density at radius 2 is 1.51 bits per heavy atom. The second-order valence-electron chi connectivity index (χ2n) is 8.10. The van der Waals surface area contributed by atoms with Crippen LogP contribution in [0.1, 0.15) is 16.8 Å². The molecule has 7 nitrogen and oxygen atoms in total. The third kappa shape index (κ3) is 7.63. The highest BCUT2D eigenvalue weighted by Crippen LogP contribution is 2.32. The number of nitrogens with zero attached hydrogens (tertiary/aromatic N) is 1. The Labute approximate surface area is 214 Å². The minimum atomic E-state index is -0.601.